The molecule has 0 atom stereocenters. The Kier molecular flexibility index (Phi) is 7.32. The van der Waals surface area contributed by atoms with Crippen molar-refractivity contribution in [1.82, 2.24) is 15.1 Å². The van der Waals surface area contributed by atoms with Crippen molar-refractivity contribution in [1.29, 1.82) is 0 Å². The monoisotopic (exact) mass is 409 g/mol. The van der Waals surface area contributed by atoms with Gasteiger partial charge >= 0.3 is 0 Å². The minimum Gasteiger partial charge on any atom is -0.497 e. The standard InChI is InChI=1S/C23H24FN3O3/c1-30-20-10-4-17(5-11-20)14-15-25-22(28)3-2-16-27-23(29)13-12-21(26-27)18-6-8-19(24)9-7-18/h4-13H,2-3,14-16H2,1H3,(H,25,28). The summed E-state index contributed by atoms with van der Waals surface area (Å²) in [4.78, 5) is 24.1. The molecular formula is C23H24FN3O3. The van der Waals surface area contributed by atoms with Crippen LogP contribution in [0.2, 0.25) is 0 Å². The predicted octanol–water partition coefficient (Wildman–Crippen LogP) is 3.20. The number of benzene rings is 2. The molecule has 3 rings (SSSR count). The van der Waals surface area contributed by atoms with Gasteiger partial charge in [0.05, 0.1) is 12.8 Å². The van der Waals surface area contributed by atoms with Gasteiger partial charge in [-0.1, -0.05) is 12.1 Å². The van der Waals surface area contributed by atoms with Crippen LogP contribution in [0.1, 0.15) is 18.4 Å². The summed E-state index contributed by atoms with van der Waals surface area (Å²) in [5.74, 6) is 0.409. The fraction of sp³-hybridized carbons (Fsp3) is 0.261. The molecule has 2 aromatic carbocycles. The van der Waals surface area contributed by atoms with Gasteiger partial charge in [0.1, 0.15) is 11.6 Å². The van der Waals surface area contributed by atoms with E-state index in [1.807, 2.05) is 24.3 Å². The number of halogens is 1. The zero-order valence-electron chi connectivity index (χ0n) is 16.8. The van der Waals surface area contributed by atoms with Crippen molar-refractivity contribution >= 4 is 5.91 Å². The summed E-state index contributed by atoms with van der Waals surface area (Å²) in [5, 5.41) is 7.21. The molecule has 0 aliphatic carbocycles. The highest BCUT2D eigenvalue weighted by Gasteiger charge is 2.06. The Labute approximate surface area is 174 Å². The maximum absolute atomic E-state index is 13.1. The third-order valence-electron chi connectivity index (χ3n) is 4.68. The lowest BCUT2D eigenvalue weighted by molar-refractivity contribution is -0.121. The summed E-state index contributed by atoms with van der Waals surface area (Å²) in [6, 6.07) is 16.7. The van der Waals surface area contributed by atoms with Crippen LogP contribution in [-0.4, -0.2) is 29.3 Å². The van der Waals surface area contributed by atoms with E-state index in [1.165, 1.54) is 22.9 Å². The van der Waals surface area contributed by atoms with Crippen LogP contribution >= 0.6 is 0 Å². The van der Waals surface area contributed by atoms with Crippen LogP contribution in [0, 0.1) is 5.82 Å². The number of methoxy groups -OCH3 is 1. The first-order valence-electron chi connectivity index (χ1n) is 9.79. The second-order valence-corrected chi connectivity index (χ2v) is 6.84. The number of aromatic nitrogens is 2. The average Bonchev–Trinajstić information content (AvgIpc) is 2.76. The maximum Gasteiger partial charge on any atom is 0.266 e. The minimum atomic E-state index is -0.329. The van der Waals surface area contributed by atoms with E-state index in [0.29, 0.717) is 31.6 Å². The normalized spacial score (nSPS) is 10.6. The van der Waals surface area contributed by atoms with Crippen LogP contribution in [0.4, 0.5) is 4.39 Å². The van der Waals surface area contributed by atoms with Crippen LogP contribution in [0.3, 0.4) is 0 Å². The smallest absolute Gasteiger partial charge is 0.266 e. The van der Waals surface area contributed by atoms with E-state index < -0.39 is 0 Å². The van der Waals surface area contributed by atoms with Gasteiger partial charge in [-0.2, -0.15) is 5.10 Å². The molecule has 1 amide bonds. The number of carbonyl (C=O) groups is 1. The third-order valence-corrected chi connectivity index (χ3v) is 4.68. The second-order valence-electron chi connectivity index (χ2n) is 6.84. The first-order valence-corrected chi connectivity index (χ1v) is 9.79. The largest absolute Gasteiger partial charge is 0.497 e. The number of carbonyl (C=O) groups excluding carboxylic acids is 1. The molecule has 0 aliphatic heterocycles. The topological polar surface area (TPSA) is 73.2 Å². The van der Waals surface area contributed by atoms with E-state index in [-0.39, 0.29) is 17.3 Å². The van der Waals surface area contributed by atoms with E-state index in [1.54, 1.807) is 25.3 Å². The summed E-state index contributed by atoms with van der Waals surface area (Å²) < 4.78 is 19.5. The molecule has 0 radical (unpaired) electrons. The molecule has 6 nitrogen and oxygen atoms in total. The Morgan fingerprint density at radius 1 is 1.07 bits per heavy atom. The molecular weight excluding hydrogens is 385 g/mol. The van der Waals surface area contributed by atoms with E-state index >= 15 is 0 Å². The van der Waals surface area contributed by atoms with Gasteiger partial charge < -0.3 is 10.1 Å². The molecule has 0 unspecified atom stereocenters. The maximum atomic E-state index is 13.1. The molecule has 1 aromatic heterocycles. The van der Waals surface area contributed by atoms with E-state index in [2.05, 4.69) is 10.4 Å². The van der Waals surface area contributed by atoms with Crippen molar-refractivity contribution in [3.05, 3.63) is 82.4 Å². The Morgan fingerprint density at radius 3 is 2.50 bits per heavy atom. The Morgan fingerprint density at radius 2 is 1.80 bits per heavy atom. The van der Waals surface area contributed by atoms with E-state index in [9.17, 15) is 14.0 Å². The number of rotatable bonds is 9. The van der Waals surface area contributed by atoms with Gasteiger partial charge in [-0.15, -0.1) is 0 Å². The molecule has 0 bridgehead atoms. The highest BCUT2D eigenvalue weighted by molar-refractivity contribution is 5.75. The summed E-state index contributed by atoms with van der Waals surface area (Å²) in [6.45, 7) is 0.878. The van der Waals surface area contributed by atoms with Crippen molar-refractivity contribution < 1.29 is 13.9 Å². The van der Waals surface area contributed by atoms with Crippen LogP contribution in [0.25, 0.3) is 11.3 Å². The zero-order valence-corrected chi connectivity index (χ0v) is 16.8. The van der Waals surface area contributed by atoms with Gasteiger partial charge in [-0.25, -0.2) is 9.07 Å². The SMILES string of the molecule is COc1ccc(CCNC(=O)CCCn2nc(-c3ccc(F)cc3)ccc2=O)cc1. The van der Waals surface area contributed by atoms with Gasteiger partial charge in [0, 0.05) is 31.1 Å². The molecule has 7 heteroatoms. The molecule has 3 aromatic rings. The van der Waals surface area contributed by atoms with Crippen LogP contribution < -0.4 is 15.6 Å². The van der Waals surface area contributed by atoms with Crippen molar-refractivity contribution in [2.24, 2.45) is 0 Å². The number of hydrogen-bond acceptors (Lipinski definition) is 4. The zero-order chi connectivity index (χ0) is 21.3. The lowest BCUT2D eigenvalue weighted by Gasteiger charge is -2.08. The second kappa shape index (κ2) is 10.3. The van der Waals surface area contributed by atoms with Crippen molar-refractivity contribution in [2.45, 2.75) is 25.8 Å². The average molecular weight is 409 g/mol. The predicted molar refractivity (Wildman–Crippen MR) is 113 cm³/mol. The molecule has 1 heterocycles. The molecule has 156 valence electrons. The highest BCUT2D eigenvalue weighted by Crippen LogP contribution is 2.15. The third kappa shape index (κ3) is 6.01. The summed E-state index contributed by atoms with van der Waals surface area (Å²) in [6.07, 6.45) is 1.53. The van der Waals surface area contributed by atoms with Gasteiger partial charge in [-0.3, -0.25) is 9.59 Å². The lowest BCUT2D eigenvalue weighted by Crippen LogP contribution is -2.27. The fourth-order valence-electron chi connectivity index (χ4n) is 3.00. The quantitative estimate of drug-likeness (QED) is 0.589. The van der Waals surface area contributed by atoms with Gasteiger partial charge in [0.15, 0.2) is 0 Å². The number of amides is 1. The van der Waals surface area contributed by atoms with E-state index in [0.717, 1.165) is 23.3 Å². The van der Waals surface area contributed by atoms with Crippen LogP contribution in [0.5, 0.6) is 5.75 Å². The summed E-state index contributed by atoms with van der Waals surface area (Å²) >= 11 is 0. The Balaban J connectivity index is 1.46. The number of hydrogen-bond donors (Lipinski definition) is 1. The number of ether oxygens (including phenoxy) is 1. The van der Waals surface area contributed by atoms with Gasteiger partial charge in [0.2, 0.25) is 5.91 Å². The van der Waals surface area contributed by atoms with Crippen molar-refractivity contribution in [3.63, 3.8) is 0 Å². The lowest BCUT2D eigenvalue weighted by atomic mass is 10.1. The van der Waals surface area contributed by atoms with Crippen molar-refractivity contribution in [2.75, 3.05) is 13.7 Å². The Hall–Kier alpha value is -3.48. The molecule has 0 fully saturated rings. The summed E-state index contributed by atoms with van der Waals surface area (Å²) in [5.41, 5.74) is 2.19. The molecule has 1 N–H and O–H groups in total. The summed E-state index contributed by atoms with van der Waals surface area (Å²) in [7, 11) is 1.62. The first-order chi connectivity index (χ1) is 14.5. The minimum absolute atomic E-state index is 0.0637. The highest BCUT2D eigenvalue weighted by atomic mass is 19.1. The fourth-order valence-corrected chi connectivity index (χ4v) is 3.00. The van der Waals surface area contributed by atoms with Gasteiger partial charge in [-0.05, 0) is 60.9 Å². The first kappa shape index (κ1) is 21.2. The molecule has 0 saturated heterocycles. The van der Waals surface area contributed by atoms with Crippen molar-refractivity contribution in [3.8, 4) is 17.0 Å². The van der Waals surface area contributed by atoms with Crippen LogP contribution in [0.15, 0.2) is 65.5 Å². The molecule has 0 saturated carbocycles. The molecule has 30 heavy (non-hydrogen) atoms. The number of aryl methyl sites for hydroxylation is 1. The molecule has 0 spiro atoms. The number of nitrogens with zero attached hydrogens (tertiary/aromatic N) is 2. The van der Waals surface area contributed by atoms with E-state index in [4.69, 9.17) is 4.74 Å². The Bertz CT molecular complexity index is 1030. The van der Waals surface area contributed by atoms with Gasteiger partial charge in [0.25, 0.3) is 5.56 Å². The molecule has 0 aliphatic rings. The van der Waals surface area contributed by atoms with Crippen LogP contribution in [-0.2, 0) is 17.8 Å². The number of nitrogens with one attached hydrogen (secondary N) is 1.